The molecule has 6 heteroatoms. The van der Waals surface area contributed by atoms with Gasteiger partial charge < -0.3 is 5.11 Å². The number of aliphatic imine (C=N–C) groups is 1. The van der Waals surface area contributed by atoms with Gasteiger partial charge in [0.2, 0.25) is 0 Å². The van der Waals surface area contributed by atoms with Gasteiger partial charge in [0, 0.05) is 6.42 Å². The van der Waals surface area contributed by atoms with E-state index < -0.39 is 24.3 Å². The fraction of sp³-hybridized carbons (Fsp3) is 0.296. The van der Waals surface area contributed by atoms with Crippen molar-refractivity contribution in [2.75, 3.05) is 0 Å². The van der Waals surface area contributed by atoms with Crippen LogP contribution in [0.3, 0.4) is 0 Å². The summed E-state index contributed by atoms with van der Waals surface area (Å²) in [5.41, 5.74) is 6.43. The molecule has 2 nitrogen and oxygen atoms in total. The Morgan fingerprint density at radius 3 is 1.67 bits per heavy atom. The first-order chi connectivity index (χ1) is 15.7. The van der Waals surface area contributed by atoms with E-state index in [0.29, 0.717) is 18.3 Å². The molecule has 0 amide bonds. The van der Waals surface area contributed by atoms with Crippen molar-refractivity contribution in [3.05, 3.63) is 101 Å². The van der Waals surface area contributed by atoms with Gasteiger partial charge in [0.15, 0.2) is 0 Å². The Morgan fingerprint density at radius 2 is 1.21 bits per heavy atom. The van der Waals surface area contributed by atoms with E-state index in [2.05, 4.69) is 58.0 Å². The second kappa shape index (κ2) is 14.4. The molecule has 0 aliphatic heterocycles. The zero-order chi connectivity index (χ0) is 24.4. The van der Waals surface area contributed by atoms with Crippen molar-refractivity contribution < 1.29 is 23.3 Å². The molecular weight excluding hydrogens is 552 g/mol. The second-order valence-electron chi connectivity index (χ2n) is 8.36. The molecule has 0 aliphatic carbocycles. The Morgan fingerprint density at radius 1 is 0.758 bits per heavy atom. The van der Waals surface area contributed by atoms with Crippen molar-refractivity contribution in [2.24, 2.45) is 4.99 Å². The Hall–Kier alpha value is -0.957. The number of aliphatic hydroxyl groups is 1. The summed E-state index contributed by atoms with van der Waals surface area (Å²) >= 11 is -2.13. The van der Waals surface area contributed by atoms with Crippen molar-refractivity contribution in [3.8, 4) is 0 Å². The summed E-state index contributed by atoms with van der Waals surface area (Å²) in [7, 11) is 15.0. The van der Waals surface area contributed by atoms with Crippen LogP contribution in [0.15, 0.2) is 83.9 Å². The Bertz CT molecular complexity index is 979. The maximum absolute atomic E-state index is 10.9. The first-order valence-electron chi connectivity index (χ1n) is 11.0. The molecule has 33 heavy (non-hydrogen) atoms. The van der Waals surface area contributed by atoms with E-state index >= 15 is 0 Å². The monoisotopic (exact) mass is 580 g/mol. The van der Waals surface area contributed by atoms with Crippen molar-refractivity contribution in [1.29, 1.82) is 0 Å². The van der Waals surface area contributed by atoms with Gasteiger partial charge in [-0.2, -0.15) is 0 Å². The van der Waals surface area contributed by atoms with Crippen LogP contribution in [0.2, 0.25) is 0 Å². The van der Waals surface area contributed by atoms with E-state index in [9.17, 15) is 5.11 Å². The van der Waals surface area contributed by atoms with Crippen LogP contribution in [0.5, 0.6) is 0 Å². The Labute approximate surface area is 217 Å². The van der Waals surface area contributed by atoms with Gasteiger partial charge in [-0.1, -0.05) is 107 Å². The van der Waals surface area contributed by atoms with Crippen molar-refractivity contribution in [1.82, 2.24) is 0 Å². The number of hydrogen-bond donors (Lipinski definition) is 1. The van der Waals surface area contributed by atoms with Gasteiger partial charge in [-0.15, -0.1) is 0 Å². The molecule has 0 saturated carbocycles. The van der Waals surface area contributed by atoms with Crippen molar-refractivity contribution in [3.63, 3.8) is 0 Å². The SMILES string of the molecule is CC(C)c1cccc(C(C)C)c1N=C(CC(O)c1ccccc1)c1ccccc1.[Cl][Zr]([Cl])[Cl]. The van der Waals surface area contributed by atoms with Gasteiger partial charge in [0.25, 0.3) is 0 Å². The molecule has 0 heterocycles. The molecule has 0 aromatic heterocycles. The van der Waals surface area contributed by atoms with Crippen LogP contribution < -0.4 is 0 Å². The molecule has 175 valence electrons. The van der Waals surface area contributed by atoms with E-state index in [4.69, 9.17) is 30.5 Å². The molecule has 0 spiro atoms. The van der Waals surface area contributed by atoms with Crippen LogP contribution in [0, 0.1) is 0 Å². The number of rotatable bonds is 7. The number of nitrogens with zero attached hydrogens (tertiary/aromatic N) is 1. The van der Waals surface area contributed by atoms with E-state index in [1.807, 2.05) is 48.5 Å². The first-order valence-corrected chi connectivity index (χ1v) is 20.5. The number of halogens is 3. The van der Waals surface area contributed by atoms with Crippen molar-refractivity contribution in [2.45, 2.75) is 52.1 Å². The predicted octanol–water partition coefficient (Wildman–Crippen LogP) is 9.24. The molecule has 0 radical (unpaired) electrons. The van der Waals surface area contributed by atoms with Crippen LogP contribution in [-0.4, -0.2) is 10.8 Å². The summed E-state index contributed by atoms with van der Waals surface area (Å²) in [6.07, 6.45) is -0.123. The molecule has 1 unspecified atom stereocenters. The fourth-order valence-electron chi connectivity index (χ4n) is 3.61. The summed E-state index contributed by atoms with van der Waals surface area (Å²) in [5.74, 6) is 0.757. The molecule has 0 bridgehead atoms. The molecule has 3 rings (SSSR count). The van der Waals surface area contributed by atoms with Crippen LogP contribution in [0.1, 0.15) is 74.3 Å². The van der Waals surface area contributed by atoms with Crippen molar-refractivity contribution >= 4 is 36.9 Å². The zero-order valence-electron chi connectivity index (χ0n) is 19.5. The third kappa shape index (κ3) is 9.31. The van der Waals surface area contributed by atoms with Crippen LogP contribution >= 0.6 is 25.5 Å². The molecular formula is C27H31Cl3NOZr. The molecule has 1 N–H and O–H groups in total. The molecule has 3 aromatic rings. The quantitative estimate of drug-likeness (QED) is 0.277. The third-order valence-electron chi connectivity index (χ3n) is 5.27. The van der Waals surface area contributed by atoms with Gasteiger partial charge in [-0.05, 0) is 34.1 Å². The van der Waals surface area contributed by atoms with Gasteiger partial charge >= 0.3 is 43.7 Å². The van der Waals surface area contributed by atoms with Gasteiger partial charge in [-0.25, -0.2) is 0 Å². The average Bonchev–Trinajstić information content (AvgIpc) is 2.79. The number of para-hydroxylation sites is 1. The predicted molar refractivity (Wildman–Crippen MR) is 141 cm³/mol. The topological polar surface area (TPSA) is 32.6 Å². The molecule has 0 saturated heterocycles. The normalized spacial score (nSPS) is 12.4. The minimum absolute atomic E-state index is 0.378. The number of aliphatic hydroxyl groups excluding tert-OH is 1. The standard InChI is InChI=1S/C27H31NO.3ClH.Zr/c1-19(2)23-16-11-17-24(20(3)4)27(23)28-25(21-12-7-5-8-13-21)18-26(29)22-14-9-6-10-15-22;;;;/h5-17,19-20,26,29H,18H2,1-4H3;3*1H;/q;;;;+3/p-3. The average molecular weight is 583 g/mol. The first kappa shape index (κ1) is 28.3. The summed E-state index contributed by atoms with van der Waals surface area (Å²) in [5, 5.41) is 10.9. The van der Waals surface area contributed by atoms with Crippen LogP contribution in [0.4, 0.5) is 5.69 Å². The molecule has 3 aromatic carbocycles. The third-order valence-corrected chi connectivity index (χ3v) is 5.27. The van der Waals surface area contributed by atoms with E-state index in [-0.39, 0.29) is 0 Å². The number of benzene rings is 3. The van der Waals surface area contributed by atoms with E-state index in [1.54, 1.807) is 0 Å². The number of hydrogen-bond acceptors (Lipinski definition) is 2. The van der Waals surface area contributed by atoms with Gasteiger partial charge in [0.1, 0.15) is 0 Å². The van der Waals surface area contributed by atoms with Gasteiger partial charge in [-0.3, -0.25) is 4.99 Å². The Balaban J connectivity index is 0.000000890. The Kier molecular flexibility index (Phi) is 12.4. The zero-order valence-corrected chi connectivity index (χ0v) is 24.2. The van der Waals surface area contributed by atoms with Crippen LogP contribution in [-0.2, 0) is 18.2 Å². The van der Waals surface area contributed by atoms with E-state index in [1.165, 1.54) is 11.1 Å². The maximum atomic E-state index is 10.9. The summed E-state index contributed by atoms with van der Waals surface area (Å²) in [6, 6.07) is 26.5. The minimum atomic E-state index is -2.13. The molecule has 1 atom stereocenters. The molecule has 0 aliphatic rings. The summed E-state index contributed by atoms with van der Waals surface area (Å²) < 4.78 is 0. The summed E-state index contributed by atoms with van der Waals surface area (Å²) in [6.45, 7) is 8.83. The fourth-order valence-corrected chi connectivity index (χ4v) is 3.61. The van der Waals surface area contributed by atoms with E-state index in [0.717, 1.165) is 22.5 Å². The van der Waals surface area contributed by atoms with Gasteiger partial charge in [0.05, 0.1) is 17.5 Å². The summed E-state index contributed by atoms with van der Waals surface area (Å²) in [4.78, 5) is 5.19. The molecule has 0 fully saturated rings. The second-order valence-corrected chi connectivity index (χ2v) is 19.6. The van der Waals surface area contributed by atoms with Crippen LogP contribution in [0.25, 0.3) is 0 Å².